The van der Waals surface area contributed by atoms with E-state index in [4.69, 9.17) is 10.5 Å². The Morgan fingerprint density at radius 2 is 2.06 bits per heavy atom. The maximum absolute atomic E-state index is 11.9. The fourth-order valence-electron chi connectivity index (χ4n) is 2.11. The molecule has 0 heterocycles. The highest BCUT2D eigenvalue weighted by molar-refractivity contribution is 5.86. The smallest absolute Gasteiger partial charge is 0.240 e. The lowest BCUT2D eigenvalue weighted by Gasteiger charge is -2.31. The molecule has 4 nitrogen and oxygen atoms in total. The Balaban J connectivity index is 2.18. The first kappa shape index (κ1) is 13.5. The molecule has 94 valence electrons. The lowest BCUT2D eigenvalue weighted by atomic mass is 9.82. The topological polar surface area (TPSA) is 64.3 Å². The summed E-state index contributed by atoms with van der Waals surface area (Å²) in [4.78, 5) is 11.9. The summed E-state index contributed by atoms with van der Waals surface area (Å²) >= 11 is 0. The number of rotatable bonds is 6. The van der Waals surface area contributed by atoms with Crippen molar-refractivity contribution in [1.29, 1.82) is 0 Å². The molecule has 0 aliphatic heterocycles. The molecule has 1 rings (SSSR count). The molecule has 1 aliphatic carbocycles. The molecule has 0 unspecified atom stereocenters. The van der Waals surface area contributed by atoms with Gasteiger partial charge in [0.15, 0.2) is 0 Å². The van der Waals surface area contributed by atoms with Gasteiger partial charge in [-0.1, -0.05) is 19.3 Å². The van der Waals surface area contributed by atoms with Crippen LogP contribution in [0, 0.1) is 0 Å². The predicted octanol–water partition coefficient (Wildman–Crippen LogP) is 1.19. The van der Waals surface area contributed by atoms with Crippen molar-refractivity contribution in [2.45, 2.75) is 51.0 Å². The molecule has 4 heteroatoms. The molecule has 0 aromatic rings. The van der Waals surface area contributed by atoms with Crippen LogP contribution < -0.4 is 11.1 Å². The monoisotopic (exact) mass is 228 g/mol. The number of amides is 1. The third-order valence-corrected chi connectivity index (χ3v) is 3.15. The molecule has 16 heavy (non-hydrogen) atoms. The second-order valence-corrected chi connectivity index (χ2v) is 4.52. The highest BCUT2D eigenvalue weighted by Gasteiger charge is 2.34. The van der Waals surface area contributed by atoms with E-state index >= 15 is 0 Å². The Morgan fingerprint density at radius 3 is 2.69 bits per heavy atom. The van der Waals surface area contributed by atoms with E-state index in [1.54, 1.807) is 0 Å². The van der Waals surface area contributed by atoms with Crippen LogP contribution in [0.25, 0.3) is 0 Å². The van der Waals surface area contributed by atoms with Crippen molar-refractivity contribution in [3.8, 4) is 0 Å². The molecule has 0 atom stereocenters. The molecule has 0 bridgehead atoms. The van der Waals surface area contributed by atoms with E-state index in [9.17, 15) is 4.79 Å². The molecule has 0 saturated heterocycles. The molecule has 3 N–H and O–H groups in total. The number of hydrogen-bond donors (Lipinski definition) is 2. The van der Waals surface area contributed by atoms with Crippen molar-refractivity contribution in [3.63, 3.8) is 0 Å². The van der Waals surface area contributed by atoms with Gasteiger partial charge in [-0.3, -0.25) is 4.79 Å². The highest BCUT2D eigenvalue weighted by atomic mass is 16.5. The van der Waals surface area contributed by atoms with Gasteiger partial charge in [0.1, 0.15) is 0 Å². The Bertz CT molecular complexity index is 213. The van der Waals surface area contributed by atoms with E-state index in [1.807, 2.05) is 6.92 Å². The molecule has 0 spiro atoms. The van der Waals surface area contributed by atoms with E-state index in [1.165, 1.54) is 6.42 Å². The van der Waals surface area contributed by atoms with Gasteiger partial charge < -0.3 is 15.8 Å². The predicted molar refractivity (Wildman–Crippen MR) is 64.1 cm³/mol. The standard InChI is InChI=1S/C12H24N2O2/c1-2-16-10-6-9-14-11(15)12(13)7-4-3-5-8-12/h2-10,13H2,1H3,(H,14,15). The van der Waals surface area contributed by atoms with Gasteiger partial charge in [-0.05, 0) is 26.2 Å². The van der Waals surface area contributed by atoms with Crippen molar-refractivity contribution in [1.82, 2.24) is 5.32 Å². The van der Waals surface area contributed by atoms with Crippen molar-refractivity contribution in [2.75, 3.05) is 19.8 Å². The van der Waals surface area contributed by atoms with E-state index in [0.29, 0.717) is 13.2 Å². The first-order chi connectivity index (χ1) is 7.69. The zero-order chi connectivity index (χ0) is 11.9. The van der Waals surface area contributed by atoms with Gasteiger partial charge in [-0.15, -0.1) is 0 Å². The first-order valence-corrected chi connectivity index (χ1v) is 6.34. The summed E-state index contributed by atoms with van der Waals surface area (Å²) in [6.45, 7) is 4.07. The number of nitrogens with two attached hydrogens (primary N) is 1. The fourth-order valence-corrected chi connectivity index (χ4v) is 2.11. The van der Waals surface area contributed by atoms with Crippen LogP contribution in [-0.2, 0) is 9.53 Å². The van der Waals surface area contributed by atoms with Crippen LogP contribution in [0.15, 0.2) is 0 Å². The zero-order valence-electron chi connectivity index (χ0n) is 10.3. The van der Waals surface area contributed by atoms with Crippen LogP contribution in [0.5, 0.6) is 0 Å². The minimum atomic E-state index is -0.607. The number of carbonyl (C=O) groups excluding carboxylic acids is 1. The Hall–Kier alpha value is -0.610. The summed E-state index contributed by atoms with van der Waals surface area (Å²) in [5.41, 5.74) is 5.49. The summed E-state index contributed by atoms with van der Waals surface area (Å²) in [5.74, 6) is 0.0173. The summed E-state index contributed by atoms with van der Waals surface area (Å²) < 4.78 is 5.20. The van der Waals surface area contributed by atoms with Gasteiger partial charge in [0.25, 0.3) is 0 Å². The van der Waals surface area contributed by atoms with Crippen LogP contribution >= 0.6 is 0 Å². The normalized spacial score (nSPS) is 19.4. The van der Waals surface area contributed by atoms with Crippen molar-refractivity contribution >= 4 is 5.91 Å². The SMILES string of the molecule is CCOCCCNC(=O)C1(N)CCCCC1. The third-order valence-electron chi connectivity index (χ3n) is 3.15. The number of ether oxygens (including phenoxy) is 1. The fraction of sp³-hybridized carbons (Fsp3) is 0.917. The molecule has 0 aromatic carbocycles. The van der Waals surface area contributed by atoms with Crippen LogP contribution in [0.4, 0.5) is 0 Å². The van der Waals surface area contributed by atoms with Crippen molar-refractivity contribution in [2.24, 2.45) is 5.73 Å². The number of hydrogen-bond acceptors (Lipinski definition) is 3. The van der Waals surface area contributed by atoms with Gasteiger partial charge in [0.05, 0.1) is 5.54 Å². The van der Waals surface area contributed by atoms with Crippen molar-refractivity contribution in [3.05, 3.63) is 0 Å². The summed E-state index contributed by atoms with van der Waals surface area (Å²) in [5, 5.41) is 2.91. The summed E-state index contributed by atoms with van der Waals surface area (Å²) in [7, 11) is 0. The Kier molecular flexibility index (Phi) is 5.77. The zero-order valence-corrected chi connectivity index (χ0v) is 10.3. The largest absolute Gasteiger partial charge is 0.382 e. The summed E-state index contributed by atoms with van der Waals surface area (Å²) in [6, 6.07) is 0. The average Bonchev–Trinajstić information content (AvgIpc) is 2.29. The second kappa shape index (κ2) is 6.86. The van der Waals surface area contributed by atoms with Gasteiger partial charge in [-0.25, -0.2) is 0 Å². The van der Waals surface area contributed by atoms with E-state index in [2.05, 4.69) is 5.32 Å². The number of nitrogens with one attached hydrogen (secondary N) is 1. The van der Waals surface area contributed by atoms with E-state index < -0.39 is 5.54 Å². The van der Waals surface area contributed by atoms with Gasteiger partial charge in [0, 0.05) is 19.8 Å². The summed E-state index contributed by atoms with van der Waals surface area (Å²) in [6.07, 6.45) is 5.85. The molecule has 1 amide bonds. The third kappa shape index (κ3) is 4.10. The Labute approximate surface area is 97.9 Å². The van der Waals surface area contributed by atoms with Crippen LogP contribution in [0.1, 0.15) is 45.4 Å². The minimum absolute atomic E-state index is 0.0173. The molecular formula is C12H24N2O2. The quantitative estimate of drug-likeness (QED) is 0.671. The van der Waals surface area contributed by atoms with Crippen LogP contribution in [0.3, 0.4) is 0 Å². The van der Waals surface area contributed by atoms with Crippen molar-refractivity contribution < 1.29 is 9.53 Å². The lowest BCUT2D eigenvalue weighted by Crippen LogP contribution is -2.55. The van der Waals surface area contributed by atoms with Gasteiger partial charge in [-0.2, -0.15) is 0 Å². The van der Waals surface area contributed by atoms with Gasteiger partial charge in [0.2, 0.25) is 5.91 Å². The molecule has 1 aliphatic rings. The van der Waals surface area contributed by atoms with Crippen LogP contribution in [-0.4, -0.2) is 31.2 Å². The molecule has 0 radical (unpaired) electrons. The highest BCUT2D eigenvalue weighted by Crippen LogP contribution is 2.25. The molecular weight excluding hydrogens is 204 g/mol. The van der Waals surface area contributed by atoms with E-state index in [0.717, 1.165) is 38.7 Å². The average molecular weight is 228 g/mol. The second-order valence-electron chi connectivity index (χ2n) is 4.52. The number of carbonyl (C=O) groups is 1. The lowest BCUT2D eigenvalue weighted by molar-refractivity contribution is -0.127. The maximum atomic E-state index is 11.9. The molecule has 1 fully saturated rings. The maximum Gasteiger partial charge on any atom is 0.240 e. The minimum Gasteiger partial charge on any atom is -0.382 e. The van der Waals surface area contributed by atoms with Gasteiger partial charge >= 0.3 is 0 Å². The van der Waals surface area contributed by atoms with E-state index in [-0.39, 0.29) is 5.91 Å². The van der Waals surface area contributed by atoms with Crippen LogP contribution in [0.2, 0.25) is 0 Å². The molecule has 0 aromatic heterocycles. The molecule has 1 saturated carbocycles. The first-order valence-electron chi connectivity index (χ1n) is 6.34. The Morgan fingerprint density at radius 1 is 1.38 bits per heavy atom.